The third-order valence-corrected chi connectivity index (χ3v) is 7.74. The Morgan fingerprint density at radius 3 is 2.41 bits per heavy atom. The molecule has 0 bridgehead atoms. The van der Waals surface area contributed by atoms with Gasteiger partial charge in [0.15, 0.2) is 0 Å². The van der Waals surface area contributed by atoms with Gasteiger partial charge in [0, 0.05) is 21.1 Å². The van der Waals surface area contributed by atoms with Gasteiger partial charge in [-0.2, -0.15) is 13.2 Å². The van der Waals surface area contributed by atoms with E-state index in [-0.39, 0.29) is 12.2 Å². The second kappa shape index (κ2) is 10.7. The number of aromatic nitrogens is 1. The SMILES string of the molecule is C=C(CC(=O)O)Oc1ccc(SCc2sc(-c3ccc(C(F)(F)F)cc3)nc2CC)c(C)c1C. The molecule has 0 radical (unpaired) electrons. The van der Waals surface area contributed by atoms with Gasteiger partial charge in [-0.05, 0) is 55.7 Å². The Labute approximate surface area is 204 Å². The summed E-state index contributed by atoms with van der Waals surface area (Å²) >= 11 is 3.14. The number of carboxylic acid groups (broad SMARTS) is 1. The molecule has 0 atom stereocenters. The lowest BCUT2D eigenvalue weighted by Gasteiger charge is -2.14. The summed E-state index contributed by atoms with van der Waals surface area (Å²) in [7, 11) is 0. The molecule has 4 nitrogen and oxygen atoms in total. The topological polar surface area (TPSA) is 59.4 Å². The zero-order valence-corrected chi connectivity index (χ0v) is 20.6. The van der Waals surface area contributed by atoms with E-state index in [4.69, 9.17) is 9.84 Å². The molecule has 0 fully saturated rings. The Hall–Kier alpha value is -2.78. The predicted octanol–water partition coefficient (Wildman–Crippen LogP) is 7.67. The van der Waals surface area contributed by atoms with Crippen molar-refractivity contribution in [3.05, 3.63) is 76.0 Å². The van der Waals surface area contributed by atoms with Gasteiger partial charge in [-0.3, -0.25) is 4.79 Å². The average molecular weight is 508 g/mol. The molecular formula is C25H24F3NO3S2. The number of aryl methyl sites for hydroxylation is 1. The Balaban J connectivity index is 1.75. The number of halogens is 3. The van der Waals surface area contributed by atoms with Crippen LogP contribution in [0.15, 0.2) is 53.6 Å². The molecule has 0 saturated heterocycles. The zero-order chi connectivity index (χ0) is 25.0. The molecule has 34 heavy (non-hydrogen) atoms. The van der Waals surface area contributed by atoms with Gasteiger partial charge >= 0.3 is 12.1 Å². The highest BCUT2D eigenvalue weighted by Crippen LogP contribution is 2.37. The first-order chi connectivity index (χ1) is 16.0. The van der Waals surface area contributed by atoms with Crippen molar-refractivity contribution in [1.29, 1.82) is 0 Å². The molecule has 0 spiro atoms. The lowest BCUT2D eigenvalue weighted by Crippen LogP contribution is -2.03. The number of hydrogen-bond donors (Lipinski definition) is 1. The minimum Gasteiger partial charge on any atom is -0.481 e. The Kier molecular flexibility index (Phi) is 8.09. The quantitative estimate of drug-likeness (QED) is 0.238. The third-order valence-electron chi connectivity index (χ3n) is 5.22. The van der Waals surface area contributed by atoms with Crippen molar-refractivity contribution < 1.29 is 27.8 Å². The van der Waals surface area contributed by atoms with Crippen LogP contribution in [-0.4, -0.2) is 16.1 Å². The van der Waals surface area contributed by atoms with Gasteiger partial charge in [-0.1, -0.05) is 25.6 Å². The minimum atomic E-state index is -4.36. The molecule has 0 amide bonds. The van der Waals surface area contributed by atoms with E-state index in [0.29, 0.717) is 22.1 Å². The van der Waals surface area contributed by atoms with Crippen molar-refractivity contribution >= 4 is 29.1 Å². The van der Waals surface area contributed by atoms with E-state index < -0.39 is 17.7 Å². The van der Waals surface area contributed by atoms with E-state index >= 15 is 0 Å². The lowest BCUT2D eigenvalue weighted by atomic mass is 10.1. The van der Waals surface area contributed by atoms with Gasteiger partial charge in [0.1, 0.15) is 22.9 Å². The van der Waals surface area contributed by atoms with E-state index in [2.05, 4.69) is 11.6 Å². The molecule has 0 aliphatic heterocycles. The maximum Gasteiger partial charge on any atom is 0.416 e. The molecular weight excluding hydrogens is 483 g/mol. The smallest absolute Gasteiger partial charge is 0.416 e. The number of thiazole rings is 1. The van der Waals surface area contributed by atoms with Gasteiger partial charge in [0.2, 0.25) is 0 Å². The van der Waals surface area contributed by atoms with Gasteiger partial charge in [0.25, 0.3) is 0 Å². The summed E-state index contributed by atoms with van der Waals surface area (Å²) in [5.41, 5.74) is 2.85. The maximum absolute atomic E-state index is 12.9. The van der Waals surface area contributed by atoms with E-state index in [9.17, 15) is 18.0 Å². The molecule has 3 rings (SSSR count). The van der Waals surface area contributed by atoms with Crippen LogP contribution in [-0.2, 0) is 23.1 Å². The first-order valence-corrected chi connectivity index (χ1v) is 12.3. The van der Waals surface area contributed by atoms with Crippen LogP contribution < -0.4 is 4.74 Å². The number of carboxylic acids is 1. The summed E-state index contributed by atoms with van der Waals surface area (Å²) < 4.78 is 44.2. The summed E-state index contributed by atoms with van der Waals surface area (Å²) in [5.74, 6) is 0.417. The van der Waals surface area contributed by atoms with Gasteiger partial charge < -0.3 is 9.84 Å². The Morgan fingerprint density at radius 1 is 1.15 bits per heavy atom. The van der Waals surface area contributed by atoms with E-state index in [0.717, 1.165) is 45.1 Å². The minimum absolute atomic E-state index is 0.170. The lowest BCUT2D eigenvalue weighted by molar-refractivity contribution is -0.138. The number of aliphatic carboxylic acids is 1. The number of nitrogens with zero attached hydrogens (tertiary/aromatic N) is 1. The molecule has 0 aliphatic carbocycles. The fourth-order valence-corrected chi connectivity index (χ4v) is 5.59. The van der Waals surface area contributed by atoms with Crippen LogP contribution >= 0.6 is 23.1 Å². The van der Waals surface area contributed by atoms with E-state index in [1.807, 2.05) is 26.8 Å². The van der Waals surface area contributed by atoms with Crippen LogP contribution in [0.3, 0.4) is 0 Å². The summed E-state index contributed by atoms with van der Waals surface area (Å²) in [4.78, 5) is 17.6. The summed E-state index contributed by atoms with van der Waals surface area (Å²) in [6.45, 7) is 9.55. The standard InChI is InChI=1S/C25H24F3NO3S2/c1-5-19-22(34-24(29-19)17-6-8-18(9-7-17)25(26,27)28)13-33-21-11-10-20(15(3)16(21)4)32-14(2)12-23(30)31/h6-11H,2,5,12-13H2,1,3-4H3,(H,30,31). The molecule has 2 aromatic carbocycles. The molecule has 0 unspecified atom stereocenters. The fourth-order valence-electron chi connectivity index (χ4n) is 3.24. The molecule has 1 aromatic heterocycles. The van der Waals surface area contributed by atoms with E-state index in [1.165, 1.54) is 23.5 Å². The molecule has 0 saturated carbocycles. The van der Waals surface area contributed by atoms with E-state index in [1.54, 1.807) is 17.8 Å². The van der Waals surface area contributed by atoms with Crippen LogP contribution in [0.1, 0.15) is 40.6 Å². The summed E-state index contributed by atoms with van der Waals surface area (Å²) in [6, 6.07) is 8.82. The van der Waals surface area contributed by atoms with Crippen LogP contribution in [0.25, 0.3) is 10.6 Å². The third kappa shape index (κ3) is 6.21. The van der Waals surface area contributed by atoms with Gasteiger partial charge in [-0.25, -0.2) is 4.98 Å². The normalized spacial score (nSPS) is 11.5. The Bertz CT molecular complexity index is 1200. The number of hydrogen-bond acceptors (Lipinski definition) is 5. The van der Waals surface area contributed by atoms with Crippen LogP contribution in [0.4, 0.5) is 13.2 Å². The number of carbonyl (C=O) groups is 1. The van der Waals surface area contributed by atoms with Crippen LogP contribution in [0.5, 0.6) is 5.75 Å². The molecule has 1 N–H and O–H groups in total. The monoisotopic (exact) mass is 507 g/mol. The second-order valence-electron chi connectivity index (χ2n) is 7.63. The predicted molar refractivity (Wildman–Crippen MR) is 129 cm³/mol. The van der Waals surface area contributed by atoms with Crippen molar-refractivity contribution in [3.8, 4) is 16.3 Å². The highest BCUT2D eigenvalue weighted by molar-refractivity contribution is 7.98. The first kappa shape index (κ1) is 25.8. The van der Waals surface area contributed by atoms with Crippen molar-refractivity contribution in [3.63, 3.8) is 0 Å². The fraction of sp³-hybridized carbons (Fsp3) is 0.280. The average Bonchev–Trinajstić information content (AvgIpc) is 3.18. The number of rotatable bonds is 9. The number of alkyl halides is 3. The zero-order valence-electron chi connectivity index (χ0n) is 19.0. The molecule has 0 aliphatic rings. The largest absolute Gasteiger partial charge is 0.481 e. The molecule has 3 aromatic rings. The highest BCUT2D eigenvalue weighted by atomic mass is 32.2. The first-order valence-electron chi connectivity index (χ1n) is 10.5. The number of thioether (sulfide) groups is 1. The Morgan fingerprint density at radius 2 is 1.82 bits per heavy atom. The van der Waals surface area contributed by atoms with Crippen molar-refractivity contribution in [2.75, 3.05) is 0 Å². The summed E-state index contributed by atoms with van der Waals surface area (Å²) in [6.07, 6.45) is -3.90. The van der Waals surface area contributed by atoms with Crippen molar-refractivity contribution in [2.24, 2.45) is 0 Å². The van der Waals surface area contributed by atoms with Gasteiger partial charge in [0.05, 0.1) is 11.3 Å². The molecule has 9 heteroatoms. The van der Waals surface area contributed by atoms with Crippen molar-refractivity contribution in [1.82, 2.24) is 4.98 Å². The summed E-state index contributed by atoms with van der Waals surface area (Å²) in [5, 5.41) is 9.58. The van der Waals surface area contributed by atoms with Crippen molar-refractivity contribution in [2.45, 2.75) is 50.4 Å². The van der Waals surface area contributed by atoms with Crippen LogP contribution in [0.2, 0.25) is 0 Å². The molecule has 180 valence electrons. The number of ether oxygens (including phenoxy) is 1. The maximum atomic E-state index is 12.9. The second-order valence-corrected chi connectivity index (χ2v) is 9.73. The number of benzene rings is 2. The molecule has 1 heterocycles. The highest BCUT2D eigenvalue weighted by Gasteiger charge is 2.30. The van der Waals surface area contributed by atoms with Gasteiger partial charge in [-0.15, -0.1) is 23.1 Å². The van der Waals surface area contributed by atoms with Crippen LogP contribution in [0, 0.1) is 13.8 Å².